The number of benzene rings is 1. The Morgan fingerprint density at radius 1 is 1.21 bits per heavy atom. The van der Waals surface area contributed by atoms with Crippen LogP contribution < -0.4 is 20.1 Å². The molecule has 0 spiro atoms. The summed E-state index contributed by atoms with van der Waals surface area (Å²) in [5.74, 6) is 2.52. The molecule has 180 valence electrons. The van der Waals surface area contributed by atoms with E-state index in [1.807, 2.05) is 43.3 Å². The molecule has 3 N–H and O–H groups in total. The Kier molecular flexibility index (Phi) is 7.89. The fraction of sp³-hybridized carbons (Fsp3) is 0.400. The number of nitrogens with one attached hydrogen (secondary N) is 2. The molecule has 1 aliphatic heterocycles. The summed E-state index contributed by atoms with van der Waals surface area (Å²) in [6.07, 6.45) is 2.09. The number of likely N-dealkylation sites (N-methyl/N-ethyl adjacent to an activating group) is 1. The standard InChI is InChI=1S/C25H31N5O4/c1-16-23(18-7-8-22(32-3)27-12-18)29-25(30-24(16)28-19-9-10-33-14-19)17-5-4-6-21(11-17)34-15-20(31)13-26-2/h4-8,11-12,19-20,26,31H,9-10,13-15H2,1-3H3,(H,28,29,30). The number of hydrogen-bond acceptors (Lipinski definition) is 9. The summed E-state index contributed by atoms with van der Waals surface area (Å²) in [7, 11) is 3.38. The Morgan fingerprint density at radius 2 is 2.09 bits per heavy atom. The van der Waals surface area contributed by atoms with E-state index in [1.165, 1.54) is 0 Å². The summed E-state index contributed by atoms with van der Waals surface area (Å²) >= 11 is 0. The molecule has 1 saturated heterocycles. The fourth-order valence-electron chi connectivity index (χ4n) is 3.76. The van der Waals surface area contributed by atoms with Crippen molar-refractivity contribution >= 4 is 5.82 Å². The minimum atomic E-state index is -0.595. The summed E-state index contributed by atoms with van der Waals surface area (Å²) in [4.78, 5) is 14.1. The zero-order chi connectivity index (χ0) is 23.9. The quantitative estimate of drug-likeness (QED) is 0.416. The minimum absolute atomic E-state index is 0.191. The first kappa shape index (κ1) is 23.9. The molecule has 1 fully saturated rings. The first-order chi connectivity index (χ1) is 16.6. The molecule has 1 aromatic carbocycles. The summed E-state index contributed by atoms with van der Waals surface area (Å²) in [6.45, 7) is 4.04. The molecular formula is C25H31N5O4. The van der Waals surface area contributed by atoms with Crippen molar-refractivity contribution in [3.8, 4) is 34.3 Å². The zero-order valence-electron chi connectivity index (χ0n) is 19.7. The second-order valence-corrected chi connectivity index (χ2v) is 8.21. The molecule has 0 aliphatic carbocycles. The van der Waals surface area contributed by atoms with E-state index in [9.17, 15) is 5.11 Å². The van der Waals surface area contributed by atoms with Crippen molar-refractivity contribution in [2.24, 2.45) is 0 Å². The highest BCUT2D eigenvalue weighted by Crippen LogP contribution is 2.31. The molecule has 34 heavy (non-hydrogen) atoms. The number of aliphatic hydroxyl groups excluding tert-OH is 1. The molecule has 1 aliphatic rings. The first-order valence-electron chi connectivity index (χ1n) is 11.4. The molecule has 0 saturated carbocycles. The molecule has 2 aromatic heterocycles. The average Bonchev–Trinajstić information content (AvgIpc) is 3.38. The topological polar surface area (TPSA) is 111 Å². The second kappa shape index (κ2) is 11.2. The SMILES string of the molecule is CNCC(O)COc1cccc(-c2nc(NC3CCOC3)c(C)c(-c3ccc(OC)nc3)n2)c1. The molecule has 9 heteroatoms. The Labute approximate surface area is 199 Å². The van der Waals surface area contributed by atoms with Crippen molar-refractivity contribution in [2.45, 2.75) is 25.5 Å². The van der Waals surface area contributed by atoms with E-state index in [1.54, 1.807) is 20.4 Å². The summed E-state index contributed by atoms with van der Waals surface area (Å²) in [5.41, 5.74) is 3.41. The van der Waals surface area contributed by atoms with Gasteiger partial charge >= 0.3 is 0 Å². The third-order valence-electron chi connectivity index (χ3n) is 5.61. The van der Waals surface area contributed by atoms with Crippen LogP contribution in [0.4, 0.5) is 5.82 Å². The molecule has 3 aromatic rings. The van der Waals surface area contributed by atoms with Crippen LogP contribution in [0.15, 0.2) is 42.6 Å². The van der Waals surface area contributed by atoms with E-state index in [2.05, 4.69) is 15.6 Å². The van der Waals surface area contributed by atoms with E-state index < -0.39 is 6.10 Å². The summed E-state index contributed by atoms with van der Waals surface area (Å²) in [6, 6.07) is 11.5. The molecule has 2 unspecified atom stereocenters. The predicted octanol–water partition coefficient (Wildman–Crippen LogP) is 2.68. The average molecular weight is 466 g/mol. The van der Waals surface area contributed by atoms with Gasteiger partial charge in [-0.3, -0.25) is 0 Å². The molecule has 9 nitrogen and oxygen atoms in total. The van der Waals surface area contributed by atoms with Gasteiger partial charge in [0.1, 0.15) is 24.3 Å². The molecule has 0 amide bonds. The van der Waals surface area contributed by atoms with Gasteiger partial charge in [-0.05, 0) is 38.6 Å². The fourth-order valence-corrected chi connectivity index (χ4v) is 3.76. The third-order valence-corrected chi connectivity index (χ3v) is 5.61. The molecule has 3 heterocycles. The molecule has 4 rings (SSSR count). The second-order valence-electron chi connectivity index (χ2n) is 8.21. The van der Waals surface area contributed by atoms with Crippen LogP contribution in [0.1, 0.15) is 12.0 Å². The number of methoxy groups -OCH3 is 1. The third kappa shape index (κ3) is 5.80. The van der Waals surface area contributed by atoms with Crippen molar-refractivity contribution in [3.05, 3.63) is 48.2 Å². The van der Waals surface area contributed by atoms with Crippen molar-refractivity contribution < 1.29 is 19.3 Å². The number of aliphatic hydroxyl groups is 1. The minimum Gasteiger partial charge on any atom is -0.491 e. The highest BCUT2D eigenvalue weighted by Gasteiger charge is 2.20. The van der Waals surface area contributed by atoms with Crippen LogP contribution >= 0.6 is 0 Å². The van der Waals surface area contributed by atoms with Crippen molar-refractivity contribution in [2.75, 3.05) is 45.8 Å². The van der Waals surface area contributed by atoms with Crippen LogP contribution in [-0.2, 0) is 4.74 Å². The van der Waals surface area contributed by atoms with Crippen LogP contribution in [0, 0.1) is 6.92 Å². The Morgan fingerprint density at radius 3 is 2.79 bits per heavy atom. The number of anilines is 1. The van der Waals surface area contributed by atoms with Gasteiger partial charge in [0.25, 0.3) is 0 Å². The number of pyridine rings is 1. The van der Waals surface area contributed by atoms with Crippen LogP contribution in [0.3, 0.4) is 0 Å². The van der Waals surface area contributed by atoms with Crippen molar-refractivity contribution in [3.63, 3.8) is 0 Å². The van der Waals surface area contributed by atoms with Gasteiger partial charge in [0, 0.05) is 42.1 Å². The highest BCUT2D eigenvalue weighted by atomic mass is 16.5. The number of rotatable bonds is 10. The number of nitrogens with zero attached hydrogens (tertiary/aromatic N) is 3. The van der Waals surface area contributed by atoms with Crippen LogP contribution in [0.25, 0.3) is 22.6 Å². The van der Waals surface area contributed by atoms with Crippen LogP contribution in [0.5, 0.6) is 11.6 Å². The van der Waals surface area contributed by atoms with E-state index in [-0.39, 0.29) is 12.6 Å². The van der Waals surface area contributed by atoms with E-state index >= 15 is 0 Å². The van der Waals surface area contributed by atoms with E-state index in [4.69, 9.17) is 24.2 Å². The van der Waals surface area contributed by atoms with Gasteiger partial charge in [0.15, 0.2) is 5.82 Å². The lowest BCUT2D eigenvalue weighted by Gasteiger charge is -2.18. The predicted molar refractivity (Wildman–Crippen MR) is 130 cm³/mol. The highest BCUT2D eigenvalue weighted by molar-refractivity contribution is 5.72. The maximum absolute atomic E-state index is 9.95. The normalized spacial score (nSPS) is 16.3. The largest absolute Gasteiger partial charge is 0.491 e. The lowest BCUT2D eigenvalue weighted by molar-refractivity contribution is 0.108. The zero-order valence-corrected chi connectivity index (χ0v) is 19.7. The molecule has 2 atom stereocenters. The van der Waals surface area contributed by atoms with Crippen molar-refractivity contribution in [1.82, 2.24) is 20.3 Å². The summed E-state index contributed by atoms with van der Waals surface area (Å²) < 4.78 is 16.5. The lowest BCUT2D eigenvalue weighted by atomic mass is 10.1. The maximum Gasteiger partial charge on any atom is 0.212 e. The Bertz CT molecular complexity index is 1090. The summed E-state index contributed by atoms with van der Waals surface area (Å²) in [5, 5.41) is 16.4. The number of ether oxygens (including phenoxy) is 3. The van der Waals surface area contributed by atoms with E-state index in [0.717, 1.165) is 41.2 Å². The molecular weight excluding hydrogens is 434 g/mol. The molecule has 0 bridgehead atoms. The Hall–Kier alpha value is -3.27. The van der Waals surface area contributed by atoms with Gasteiger partial charge in [-0.2, -0.15) is 0 Å². The maximum atomic E-state index is 9.95. The monoisotopic (exact) mass is 465 g/mol. The van der Waals surface area contributed by atoms with E-state index in [0.29, 0.717) is 30.6 Å². The Balaban J connectivity index is 1.69. The van der Waals surface area contributed by atoms with Crippen LogP contribution in [-0.4, -0.2) is 72.7 Å². The van der Waals surface area contributed by atoms with Gasteiger partial charge in [-0.15, -0.1) is 0 Å². The number of aromatic nitrogens is 3. The van der Waals surface area contributed by atoms with Gasteiger partial charge in [-0.25, -0.2) is 15.0 Å². The first-order valence-corrected chi connectivity index (χ1v) is 11.4. The lowest BCUT2D eigenvalue weighted by Crippen LogP contribution is -2.29. The van der Waals surface area contributed by atoms with Gasteiger partial charge in [0.05, 0.1) is 25.5 Å². The number of hydrogen-bond donors (Lipinski definition) is 3. The van der Waals surface area contributed by atoms with Gasteiger partial charge < -0.3 is 30.0 Å². The van der Waals surface area contributed by atoms with Crippen molar-refractivity contribution in [1.29, 1.82) is 0 Å². The van der Waals surface area contributed by atoms with Crippen LogP contribution in [0.2, 0.25) is 0 Å². The van der Waals surface area contributed by atoms with Gasteiger partial charge in [-0.1, -0.05) is 12.1 Å². The molecule has 0 radical (unpaired) electrons. The van der Waals surface area contributed by atoms with Gasteiger partial charge in [0.2, 0.25) is 5.88 Å². The smallest absolute Gasteiger partial charge is 0.212 e.